The number of carbonyl (C=O) groups is 1. The molecule has 0 saturated heterocycles. The van der Waals surface area contributed by atoms with Crippen molar-refractivity contribution in [3.05, 3.63) is 42.4 Å². The Morgan fingerprint density at radius 2 is 2.33 bits per heavy atom. The fraction of sp³-hybridized carbons (Fsp3) is 0.0909. The number of carboxylic acid groups (broad SMARTS) is 1. The van der Waals surface area contributed by atoms with Gasteiger partial charge in [0.2, 0.25) is 0 Å². The molecule has 76 valence electrons. The zero-order chi connectivity index (χ0) is 10.7. The number of aromatic nitrogens is 1. The Hall–Kier alpha value is -2.10. The minimum absolute atomic E-state index is 0.0159. The molecule has 0 saturated carbocycles. The van der Waals surface area contributed by atoms with Crippen molar-refractivity contribution in [1.82, 2.24) is 4.98 Å². The summed E-state index contributed by atoms with van der Waals surface area (Å²) in [6, 6.07) is 7.21. The van der Waals surface area contributed by atoms with Gasteiger partial charge in [-0.15, -0.1) is 0 Å². The molecule has 4 heteroatoms. The summed E-state index contributed by atoms with van der Waals surface area (Å²) >= 11 is 0. The van der Waals surface area contributed by atoms with Crippen LogP contribution in [-0.4, -0.2) is 16.1 Å². The molecule has 0 fully saturated rings. The van der Waals surface area contributed by atoms with Crippen LogP contribution < -0.4 is 0 Å². The van der Waals surface area contributed by atoms with Crippen LogP contribution in [-0.2, 0) is 11.2 Å². The van der Waals surface area contributed by atoms with Crippen molar-refractivity contribution in [1.29, 1.82) is 0 Å². The van der Waals surface area contributed by atoms with E-state index in [1.54, 1.807) is 24.4 Å². The van der Waals surface area contributed by atoms with Crippen molar-refractivity contribution in [3.63, 3.8) is 0 Å². The van der Waals surface area contributed by atoms with Crippen LogP contribution in [0.3, 0.4) is 0 Å². The van der Waals surface area contributed by atoms with Gasteiger partial charge in [0.1, 0.15) is 0 Å². The van der Waals surface area contributed by atoms with Crippen LogP contribution in [0, 0.1) is 0 Å². The van der Waals surface area contributed by atoms with Crippen LogP contribution in [0.1, 0.15) is 5.56 Å². The summed E-state index contributed by atoms with van der Waals surface area (Å²) in [6.45, 7) is 0. The first kappa shape index (κ1) is 9.45. The van der Waals surface area contributed by atoms with Crippen molar-refractivity contribution in [2.24, 2.45) is 0 Å². The average Bonchev–Trinajstić information content (AvgIpc) is 2.69. The molecule has 4 nitrogen and oxygen atoms in total. The highest BCUT2D eigenvalue weighted by molar-refractivity contribution is 5.71. The Bertz CT molecular complexity index is 462. The van der Waals surface area contributed by atoms with E-state index < -0.39 is 5.97 Å². The van der Waals surface area contributed by atoms with E-state index in [9.17, 15) is 4.79 Å². The first-order chi connectivity index (χ1) is 7.25. The Morgan fingerprint density at radius 1 is 1.47 bits per heavy atom. The Kier molecular flexibility index (Phi) is 2.49. The first-order valence-corrected chi connectivity index (χ1v) is 4.45. The van der Waals surface area contributed by atoms with Crippen LogP contribution in [0.4, 0.5) is 0 Å². The molecule has 0 unspecified atom stereocenters. The van der Waals surface area contributed by atoms with E-state index in [1.165, 1.54) is 6.39 Å². The van der Waals surface area contributed by atoms with Crippen LogP contribution in [0.5, 0.6) is 0 Å². The Labute approximate surface area is 86.2 Å². The van der Waals surface area contributed by atoms with Crippen LogP contribution in [0.2, 0.25) is 0 Å². The highest BCUT2D eigenvalue weighted by Crippen LogP contribution is 2.19. The van der Waals surface area contributed by atoms with Crippen LogP contribution >= 0.6 is 0 Å². The number of carboxylic acids is 1. The topological polar surface area (TPSA) is 63.3 Å². The standard InChI is InChI=1S/C11H9NO3/c13-11(14)5-8-2-1-3-9(4-8)10-6-12-7-15-10/h1-4,6-7H,5H2,(H,13,14). The van der Waals surface area contributed by atoms with Gasteiger partial charge in [0.05, 0.1) is 12.6 Å². The lowest BCUT2D eigenvalue weighted by molar-refractivity contribution is -0.136. The molecule has 0 aliphatic carbocycles. The fourth-order valence-corrected chi connectivity index (χ4v) is 1.37. The fourth-order valence-electron chi connectivity index (χ4n) is 1.37. The third-order valence-electron chi connectivity index (χ3n) is 2.00. The maximum absolute atomic E-state index is 10.5. The third kappa shape index (κ3) is 2.22. The third-order valence-corrected chi connectivity index (χ3v) is 2.00. The number of hydrogen-bond donors (Lipinski definition) is 1. The van der Waals surface area contributed by atoms with Gasteiger partial charge in [0.25, 0.3) is 0 Å². The molecule has 0 spiro atoms. The highest BCUT2D eigenvalue weighted by Gasteiger charge is 2.04. The minimum Gasteiger partial charge on any atom is -0.481 e. The predicted octanol–water partition coefficient (Wildman–Crippen LogP) is 1.97. The summed E-state index contributed by atoms with van der Waals surface area (Å²) in [5.41, 5.74) is 1.59. The van der Waals surface area contributed by atoms with E-state index >= 15 is 0 Å². The van der Waals surface area contributed by atoms with Crippen molar-refractivity contribution in [2.75, 3.05) is 0 Å². The van der Waals surface area contributed by atoms with Gasteiger partial charge in [0, 0.05) is 5.56 Å². The second kappa shape index (κ2) is 3.96. The molecule has 1 aromatic heterocycles. The molecule has 2 aromatic rings. The first-order valence-electron chi connectivity index (χ1n) is 4.45. The maximum atomic E-state index is 10.5. The zero-order valence-corrected chi connectivity index (χ0v) is 7.88. The van der Waals surface area contributed by atoms with Gasteiger partial charge in [-0.2, -0.15) is 0 Å². The highest BCUT2D eigenvalue weighted by atomic mass is 16.4. The molecule has 1 heterocycles. The molecule has 0 aliphatic heterocycles. The quantitative estimate of drug-likeness (QED) is 0.828. The molecule has 1 N–H and O–H groups in total. The van der Waals surface area contributed by atoms with Crippen molar-refractivity contribution in [3.8, 4) is 11.3 Å². The van der Waals surface area contributed by atoms with Crippen molar-refractivity contribution in [2.45, 2.75) is 6.42 Å². The summed E-state index contributed by atoms with van der Waals surface area (Å²) in [7, 11) is 0. The van der Waals surface area contributed by atoms with Gasteiger partial charge in [-0.25, -0.2) is 4.98 Å². The van der Waals surface area contributed by atoms with Crippen molar-refractivity contribution >= 4 is 5.97 Å². The Morgan fingerprint density at radius 3 is 3.00 bits per heavy atom. The van der Waals surface area contributed by atoms with Crippen LogP contribution in [0.25, 0.3) is 11.3 Å². The molecule has 0 amide bonds. The second-order valence-corrected chi connectivity index (χ2v) is 3.14. The SMILES string of the molecule is O=C(O)Cc1cccc(-c2cnco2)c1. The molecule has 2 rings (SSSR count). The maximum Gasteiger partial charge on any atom is 0.307 e. The average molecular weight is 203 g/mol. The Balaban J connectivity index is 2.31. The number of nitrogens with zero attached hydrogens (tertiary/aromatic N) is 1. The van der Waals surface area contributed by atoms with Gasteiger partial charge < -0.3 is 9.52 Å². The summed E-state index contributed by atoms with van der Waals surface area (Å²) in [5.74, 6) is -0.202. The molecule has 1 aromatic carbocycles. The molecular formula is C11H9NO3. The van der Waals surface area contributed by atoms with Gasteiger partial charge in [-0.1, -0.05) is 18.2 Å². The lowest BCUT2D eigenvalue weighted by atomic mass is 10.1. The van der Waals surface area contributed by atoms with E-state index in [0.29, 0.717) is 5.76 Å². The van der Waals surface area contributed by atoms with E-state index in [1.807, 2.05) is 6.07 Å². The molecule has 15 heavy (non-hydrogen) atoms. The summed E-state index contributed by atoms with van der Waals surface area (Å²) < 4.78 is 5.12. The summed E-state index contributed by atoms with van der Waals surface area (Å²) in [5, 5.41) is 8.65. The summed E-state index contributed by atoms with van der Waals surface area (Å²) in [6.07, 6.45) is 2.96. The number of oxazole rings is 1. The second-order valence-electron chi connectivity index (χ2n) is 3.14. The number of benzene rings is 1. The predicted molar refractivity (Wildman–Crippen MR) is 53.3 cm³/mol. The normalized spacial score (nSPS) is 10.1. The lowest BCUT2D eigenvalue weighted by Gasteiger charge is -1.99. The van der Waals surface area contributed by atoms with Gasteiger partial charge in [-0.05, 0) is 11.6 Å². The molecule has 0 atom stereocenters. The van der Waals surface area contributed by atoms with Crippen LogP contribution in [0.15, 0.2) is 41.3 Å². The van der Waals surface area contributed by atoms with Gasteiger partial charge in [-0.3, -0.25) is 4.79 Å². The molecular weight excluding hydrogens is 194 g/mol. The van der Waals surface area contributed by atoms with E-state index in [0.717, 1.165) is 11.1 Å². The number of aliphatic carboxylic acids is 1. The van der Waals surface area contributed by atoms with Gasteiger partial charge in [0.15, 0.2) is 12.2 Å². The lowest BCUT2D eigenvalue weighted by Crippen LogP contribution is -1.99. The van der Waals surface area contributed by atoms with E-state index in [-0.39, 0.29) is 6.42 Å². The minimum atomic E-state index is -0.843. The van der Waals surface area contributed by atoms with E-state index in [2.05, 4.69) is 4.98 Å². The number of rotatable bonds is 3. The van der Waals surface area contributed by atoms with Gasteiger partial charge >= 0.3 is 5.97 Å². The largest absolute Gasteiger partial charge is 0.481 e. The number of hydrogen-bond acceptors (Lipinski definition) is 3. The van der Waals surface area contributed by atoms with Crippen molar-refractivity contribution < 1.29 is 14.3 Å². The summed E-state index contributed by atoms with van der Waals surface area (Å²) in [4.78, 5) is 14.3. The molecule has 0 aliphatic rings. The molecule has 0 bridgehead atoms. The zero-order valence-electron chi connectivity index (χ0n) is 7.88. The monoisotopic (exact) mass is 203 g/mol. The van der Waals surface area contributed by atoms with E-state index in [4.69, 9.17) is 9.52 Å². The molecule has 0 radical (unpaired) electrons. The smallest absolute Gasteiger partial charge is 0.307 e.